The van der Waals surface area contributed by atoms with E-state index >= 15 is 0 Å². The molecule has 2 heterocycles. The van der Waals surface area contributed by atoms with Gasteiger partial charge in [-0.15, -0.1) is 5.11 Å². The molecule has 1 saturated heterocycles. The fraction of sp³-hybridized carbons (Fsp3) is 0.520. The number of anilines is 1. The molecule has 1 aliphatic carbocycles. The van der Waals surface area contributed by atoms with Crippen molar-refractivity contribution < 1.29 is 33.4 Å². The molecule has 4 amide bonds. The largest absolute Gasteiger partial charge is 0.444 e. The first-order chi connectivity index (χ1) is 30.3. The van der Waals surface area contributed by atoms with Gasteiger partial charge in [0.25, 0.3) is 5.91 Å². The molecule has 3 N–H and O–H groups in total. The third kappa shape index (κ3) is 13.3. The number of amides is 4. The number of hydrogen-bond donors (Lipinski definition) is 3. The van der Waals surface area contributed by atoms with Crippen LogP contribution in [0.15, 0.2) is 75.9 Å². The first-order valence-electron chi connectivity index (χ1n) is 22.6. The van der Waals surface area contributed by atoms with Gasteiger partial charge in [0.2, 0.25) is 5.91 Å². The second kappa shape index (κ2) is 20.7. The third-order valence-corrected chi connectivity index (χ3v) is 12.2. The summed E-state index contributed by atoms with van der Waals surface area (Å²) in [6.07, 6.45) is 4.06. The first-order valence-corrected chi connectivity index (χ1v) is 22.6. The maximum absolute atomic E-state index is 14.0. The number of carbonyl (C=O) groups is 5. The number of likely N-dealkylation sites (tertiary alicyclic amines) is 1. The Morgan fingerprint density at radius 2 is 1.41 bits per heavy atom. The molecule has 342 valence electrons. The number of piperidine rings is 1. The normalized spacial score (nSPS) is 18.4. The van der Waals surface area contributed by atoms with Crippen molar-refractivity contribution in [1.29, 1.82) is 0 Å². The molecular weight excluding hydrogens is 811 g/mol. The Kier molecular flexibility index (Phi) is 15.4. The van der Waals surface area contributed by atoms with Crippen LogP contribution in [-0.4, -0.2) is 84.1 Å². The average molecular weight is 876 g/mol. The number of aliphatic imine (C=N–C) groups is 1. The summed E-state index contributed by atoms with van der Waals surface area (Å²) in [5, 5.41) is 17.1. The standard InChI is InChI=1S/C50H65N7O7/c1-31-32(2)42(46(60)55-40-23-25-57(26-24-40)48(62)64-50(6,7)8)22-21-41(31)35-13-9-33(10-14-35)27-38(45(59)54-39-19-17-37(18-20-39)44-52-30-53-56-44)28-43(58)36-15-11-34(12-16-36)29-51-47(61)63-49(3,4)5/h9-10,13-14,17-22,34,36,38,40H,11-12,15-16,23-30H2,1-8H3,(H,51,61)(H,54,59)(H,55,60)/t34?,36?,38-/m1/s1. The molecule has 2 fully saturated rings. The van der Waals surface area contributed by atoms with Gasteiger partial charge in [-0.1, -0.05) is 30.3 Å². The highest BCUT2D eigenvalue weighted by Gasteiger charge is 2.32. The van der Waals surface area contributed by atoms with E-state index in [1.54, 1.807) is 17.0 Å². The molecule has 2 aliphatic heterocycles. The van der Waals surface area contributed by atoms with Crippen LogP contribution in [0.5, 0.6) is 0 Å². The smallest absolute Gasteiger partial charge is 0.410 e. The summed E-state index contributed by atoms with van der Waals surface area (Å²) in [4.78, 5) is 72.1. The van der Waals surface area contributed by atoms with Gasteiger partial charge in [-0.3, -0.25) is 14.4 Å². The molecule has 0 spiro atoms. The van der Waals surface area contributed by atoms with Gasteiger partial charge in [0.1, 0.15) is 17.0 Å². The van der Waals surface area contributed by atoms with E-state index in [9.17, 15) is 24.0 Å². The van der Waals surface area contributed by atoms with Crippen molar-refractivity contribution >= 4 is 41.3 Å². The molecule has 6 rings (SSSR count). The number of nitrogens with one attached hydrogen (secondary N) is 3. The summed E-state index contributed by atoms with van der Waals surface area (Å²) in [5.74, 6) is -0.225. The number of Topliss-reactive ketones (excluding diaryl/α,β-unsaturated/α-hetero) is 1. The molecule has 3 aromatic carbocycles. The van der Waals surface area contributed by atoms with E-state index in [0.717, 1.165) is 46.2 Å². The second-order valence-corrected chi connectivity index (χ2v) is 19.4. The van der Waals surface area contributed by atoms with Crippen molar-refractivity contribution in [1.82, 2.24) is 15.5 Å². The highest BCUT2D eigenvalue weighted by molar-refractivity contribution is 6.01. The molecule has 0 bridgehead atoms. The molecule has 0 unspecified atom stereocenters. The van der Waals surface area contributed by atoms with Gasteiger partial charge in [-0.2, -0.15) is 5.11 Å². The number of carbonyl (C=O) groups excluding carboxylic acids is 5. The predicted molar refractivity (Wildman–Crippen MR) is 247 cm³/mol. The number of amidine groups is 1. The monoisotopic (exact) mass is 875 g/mol. The number of azo groups is 1. The minimum atomic E-state index is -0.607. The number of benzene rings is 3. The van der Waals surface area contributed by atoms with Crippen LogP contribution in [0.3, 0.4) is 0 Å². The van der Waals surface area contributed by atoms with Crippen LogP contribution in [0.2, 0.25) is 0 Å². The van der Waals surface area contributed by atoms with Crippen LogP contribution in [0.4, 0.5) is 15.3 Å². The van der Waals surface area contributed by atoms with Gasteiger partial charge in [0, 0.05) is 60.7 Å². The van der Waals surface area contributed by atoms with Gasteiger partial charge in [0.15, 0.2) is 12.5 Å². The van der Waals surface area contributed by atoms with Gasteiger partial charge in [-0.05, 0) is 164 Å². The van der Waals surface area contributed by atoms with Crippen molar-refractivity contribution in [3.63, 3.8) is 0 Å². The number of nitrogens with zero attached hydrogens (tertiary/aromatic N) is 4. The van der Waals surface area contributed by atoms with Crippen molar-refractivity contribution in [2.75, 3.05) is 31.6 Å². The zero-order chi connectivity index (χ0) is 46.2. The maximum atomic E-state index is 14.0. The van der Waals surface area contributed by atoms with Crippen LogP contribution >= 0.6 is 0 Å². The average Bonchev–Trinajstić information content (AvgIpc) is 3.79. The van der Waals surface area contributed by atoms with Crippen LogP contribution < -0.4 is 16.0 Å². The minimum Gasteiger partial charge on any atom is -0.444 e. The molecule has 0 radical (unpaired) electrons. The molecule has 64 heavy (non-hydrogen) atoms. The topological polar surface area (TPSA) is 180 Å². The molecule has 14 heteroatoms. The molecule has 1 atom stereocenters. The van der Waals surface area contributed by atoms with E-state index in [-0.39, 0.29) is 48.0 Å². The summed E-state index contributed by atoms with van der Waals surface area (Å²) in [6, 6.07) is 19.2. The zero-order valence-electron chi connectivity index (χ0n) is 38.7. The van der Waals surface area contributed by atoms with Crippen molar-refractivity contribution in [3.05, 3.63) is 88.5 Å². The van der Waals surface area contributed by atoms with Gasteiger partial charge < -0.3 is 30.3 Å². The van der Waals surface area contributed by atoms with E-state index in [0.29, 0.717) is 75.5 Å². The van der Waals surface area contributed by atoms with Crippen LogP contribution in [-0.2, 0) is 25.5 Å². The Morgan fingerprint density at radius 1 is 0.766 bits per heavy atom. The highest BCUT2D eigenvalue weighted by atomic mass is 16.6. The fourth-order valence-electron chi connectivity index (χ4n) is 8.50. The molecule has 14 nitrogen and oxygen atoms in total. The van der Waals surface area contributed by atoms with Crippen LogP contribution in [0, 0.1) is 31.6 Å². The quantitative estimate of drug-likeness (QED) is 0.153. The summed E-state index contributed by atoms with van der Waals surface area (Å²) in [5.41, 5.74) is 5.70. The van der Waals surface area contributed by atoms with Gasteiger partial charge >= 0.3 is 12.2 Å². The summed E-state index contributed by atoms with van der Waals surface area (Å²) in [6.45, 7) is 16.9. The predicted octanol–water partition coefficient (Wildman–Crippen LogP) is 9.36. The second-order valence-electron chi connectivity index (χ2n) is 19.4. The molecule has 1 saturated carbocycles. The number of ether oxygens (including phenoxy) is 2. The Morgan fingerprint density at radius 3 is 2.02 bits per heavy atom. The summed E-state index contributed by atoms with van der Waals surface area (Å²) < 4.78 is 10.9. The lowest BCUT2D eigenvalue weighted by atomic mass is 9.77. The first kappa shape index (κ1) is 47.6. The van der Waals surface area contributed by atoms with Crippen LogP contribution in [0.1, 0.15) is 119 Å². The Bertz CT molecular complexity index is 2220. The van der Waals surface area contributed by atoms with Crippen LogP contribution in [0.25, 0.3) is 11.1 Å². The van der Waals surface area contributed by atoms with E-state index in [1.807, 2.05) is 104 Å². The van der Waals surface area contributed by atoms with E-state index < -0.39 is 23.2 Å². The number of hydrogen-bond acceptors (Lipinski definition) is 10. The fourth-order valence-corrected chi connectivity index (χ4v) is 8.50. The highest BCUT2D eigenvalue weighted by Crippen LogP contribution is 2.33. The Balaban J connectivity index is 1.09. The minimum absolute atomic E-state index is 0.0420. The summed E-state index contributed by atoms with van der Waals surface area (Å²) >= 11 is 0. The number of ketones is 1. The molecule has 3 aliphatic rings. The lowest BCUT2D eigenvalue weighted by Gasteiger charge is -2.33. The maximum Gasteiger partial charge on any atom is 0.410 e. The third-order valence-electron chi connectivity index (χ3n) is 12.2. The van der Waals surface area contributed by atoms with E-state index in [1.165, 1.54) is 0 Å². The van der Waals surface area contributed by atoms with E-state index in [2.05, 4.69) is 31.2 Å². The number of rotatable bonds is 13. The van der Waals surface area contributed by atoms with Crippen molar-refractivity contribution in [3.8, 4) is 11.1 Å². The Hall–Kier alpha value is -5.92. The lowest BCUT2D eigenvalue weighted by Crippen LogP contribution is -2.47. The van der Waals surface area contributed by atoms with Gasteiger partial charge in [-0.25, -0.2) is 14.6 Å². The molecule has 0 aromatic heterocycles. The van der Waals surface area contributed by atoms with Crippen molar-refractivity contribution in [2.24, 2.45) is 33.0 Å². The number of alkyl carbamates (subject to hydrolysis) is 1. The molecular formula is C50H65N7O7. The van der Waals surface area contributed by atoms with Gasteiger partial charge in [0.05, 0.1) is 0 Å². The van der Waals surface area contributed by atoms with E-state index in [4.69, 9.17) is 9.47 Å². The Labute approximate surface area is 377 Å². The lowest BCUT2D eigenvalue weighted by molar-refractivity contribution is -0.129. The summed E-state index contributed by atoms with van der Waals surface area (Å²) in [7, 11) is 0. The SMILES string of the molecule is Cc1c(C(=O)NC2CCN(C(=O)OC(C)(C)C)CC2)ccc(-c2ccc(C[C@H](CC(=O)C3CCC(CNC(=O)OC(C)(C)C)CC3)C(=O)Nc3ccc(C4=NCN=N4)cc3)cc2)c1C. The molecule has 3 aromatic rings. The zero-order valence-corrected chi connectivity index (χ0v) is 38.7. The van der Waals surface area contributed by atoms with Crippen molar-refractivity contribution in [2.45, 2.75) is 124 Å².